The number of rotatable bonds is 5. The maximum Gasteiger partial charge on any atom is 0.314 e. The van der Waals surface area contributed by atoms with Crippen LogP contribution in [-0.4, -0.2) is 30.1 Å². The van der Waals surface area contributed by atoms with E-state index in [0.29, 0.717) is 12.0 Å². The van der Waals surface area contributed by atoms with E-state index >= 15 is 0 Å². The van der Waals surface area contributed by atoms with Crippen LogP contribution in [0.25, 0.3) is 0 Å². The third-order valence-electron chi connectivity index (χ3n) is 4.65. The molecule has 4 heteroatoms. The van der Waals surface area contributed by atoms with Crippen molar-refractivity contribution >= 4 is 6.03 Å². The van der Waals surface area contributed by atoms with Crippen LogP contribution in [0.3, 0.4) is 0 Å². The van der Waals surface area contributed by atoms with E-state index in [1.165, 1.54) is 24.8 Å². The van der Waals surface area contributed by atoms with Gasteiger partial charge in [0, 0.05) is 25.7 Å². The number of carbonyl (C=O) groups excluding carboxylic acids is 1. The zero-order valence-electron chi connectivity index (χ0n) is 12.5. The van der Waals surface area contributed by atoms with Crippen molar-refractivity contribution in [2.24, 2.45) is 17.6 Å². The van der Waals surface area contributed by atoms with Gasteiger partial charge < -0.3 is 16.0 Å². The Kier molecular flexibility index (Phi) is 4.44. The Morgan fingerprint density at radius 3 is 2.62 bits per heavy atom. The smallest absolute Gasteiger partial charge is 0.314 e. The first-order valence-corrected chi connectivity index (χ1v) is 8.02. The summed E-state index contributed by atoms with van der Waals surface area (Å²) in [5, 5.41) is 3.60. The molecule has 0 bridgehead atoms. The van der Waals surface area contributed by atoms with Crippen molar-refractivity contribution in [3.63, 3.8) is 0 Å². The lowest BCUT2D eigenvalue weighted by Crippen LogP contribution is -2.52. The van der Waals surface area contributed by atoms with Gasteiger partial charge in [0.05, 0.1) is 0 Å². The molecule has 3 N–H and O–H groups in total. The first kappa shape index (κ1) is 14.4. The summed E-state index contributed by atoms with van der Waals surface area (Å²) in [6, 6.07) is 10.5. The van der Waals surface area contributed by atoms with Gasteiger partial charge in [-0.05, 0) is 30.2 Å². The van der Waals surface area contributed by atoms with E-state index in [0.717, 1.165) is 32.0 Å². The summed E-state index contributed by atoms with van der Waals surface area (Å²) in [6.07, 6.45) is 5.16. The highest BCUT2D eigenvalue weighted by molar-refractivity contribution is 5.72. The fourth-order valence-corrected chi connectivity index (χ4v) is 3.39. The van der Waals surface area contributed by atoms with Gasteiger partial charge in [-0.1, -0.05) is 43.2 Å². The number of nitrogens with zero attached hydrogens (tertiary/aromatic N) is 1. The minimum Gasteiger partial charge on any atom is -0.351 e. The number of nitrogens with two attached hydrogens (primary N) is 1. The highest BCUT2D eigenvalue weighted by Crippen LogP contribution is 2.37. The van der Waals surface area contributed by atoms with Crippen molar-refractivity contribution in [1.82, 2.24) is 10.2 Å². The second kappa shape index (κ2) is 6.48. The van der Waals surface area contributed by atoms with Crippen LogP contribution in [0.5, 0.6) is 0 Å². The van der Waals surface area contributed by atoms with Crippen molar-refractivity contribution in [3.8, 4) is 0 Å². The molecule has 2 amide bonds. The Labute approximate surface area is 126 Å². The molecule has 21 heavy (non-hydrogen) atoms. The summed E-state index contributed by atoms with van der Waals surface area (Å²) in [5.41, 5.74) is 6.79. The Hall–Kier alpha value is -1.55. The van der Waals surface area contributed by atoms with Gasteiger partial charge in [-0.2, -0.15) is 0 Å². The Morgan fingerprint density at radius 1 is 1.19 bits per heavy atom. The van der Waals surface area contributed by atoms with E-state index in [-0.39, 0.29) is 6.03 Å². The molecular weight excluding hydrogens is 262 g/mol. The number of amides is 2. The van der Waals surface area contributed by atoms with Gasteiger partial charge in [0.25, 0.3) is 0 Å². The van der Waals surface area contributed by atoms with Gasteiger partial charge in [-0.15, -0.1) is 0 Å². The van der Waals surface area contributed by atoms with Crippen LogP contribution in [0.2, 0.25) is 0 Å². The number of nitrogens with one attached hydrogen (secondary N) is 1. The number of urea groups is 1. The minimum absolute atomic E-state index is 0.276. The Bertz CT molecular complexity index is 472. The molecule has 1 aromatic carbocycles. The quantitative estimate of drug-likeness (QED) is 0.873. The lowest BCUT2D eigenvalue weighted by molar-refractivity contribution is 0.146. The van der Waals surface area contributed by atoms with Gasteiger partial charge in [-0.3, -0.25) is 0 Å². The van der Waals surface area contributed by atoms with Crippen molar-refractivity contribution in [3.05, 3.63) is 35.9 Å². The highest BCUT2D eigenvalue weighted by atomic mass is 16.2. The van der Waals surface area contributed by atoms with Crippen molar-refractivity contribution < 1.29 is 4.79 Å². The topological polar surface area (TPSA) is 58.4 Å². The maximum atomic E-state index is 11.5. The predicted octanol–water partition coefficient (Wildman–Crippen LogP) is 2.35. The number of likely N-dealkylation sites (tertiary alicyclic amines) is 1. The predicted molar refractivity (Wildman–Crippen MR) is 83.7 cm³/mol. The van der Waals surface area contributed by atoms with Gasteiger partial charge in [0.15, 0.2) is 0 Å². The van der Waals surface area contributed by atoms with E-state index in [1.54, 1.807) is 0 Å². The second-order valence-corrected chi connectivity index (χ2v) is 6.59. The third-order valence-corrected chi connectivity index (χ3v) is 4.65. The lowest BCUT2D eigenvalue weighted by Gasteiger charge is -2.37. The molecular formula is C17H25N3O. The summed E-state index contributed by atoms with van der Waals surface area (Å²) in [7, 11) is 0. The number of primary amides is 1. The van der Waals surface area contributed by atoms with Crippen LogP contribution >= 0.6 is 0 Å². The highest BCUT2D eigenvalue weighted by Gasteiger charge is 2.33. The van der Waals surface area contributed by atoms with Gasteiger partial charge in [-0.25, -0.2) is 4.79 Å². The first-order valence-electron chi connectivity index (χ1n) is 8.02. The lowest BCUT2D eigenvalue weighted by atomic mass is 9.89. The van der Waals surface area contributed by atoms with Gasteiger partial charge in [0.2, 0.25) is 0 Å². The fourth-order valence-electron chi connectivity index (χ4n) is 3.39. The zero-order valence-corrected chi connectivity index (χ0v) is 12.5. The van der Waals surface area contributed by atoms with Gasteiger partial charge >= 0.3 is 6.03 Å². The molecule has 0 spiro atoms. The van der Waals surface area contributed by atoms with Gasteiger partial charge in [0.1, 0.15) is 0 Å². The Balaban J connectivity index is 1.55. The molecule has 0 radical (unpaired) electrons. The van der Waals surface area contributed by atoms with E-state index in [4.69, 9.17) is 5.73 Å². The second-order valence-electron chi connectivity index (χ2n) is 6.59. The molecule has 1 aromatic rings. The number of hydrogen-bond acceptors (Lipinski definition) is 2. The van der Waals surface area contributed by atoms with E-state index < -0.39 is 0 Å². The van der Waals surface area contributed by atoms with Crippen molar-refractivity contribution in [2.75, 3.05) is 13.1 Å². The van der Waals surface area contributed by atoms with Crippen molar-refractivity contribution in [2.45, 2.75) is 38.3 Å². The van der Waals surface area contributed by atoms with E-state index in [2.05, 4.69) is 29.6 Å². The number of benzene rings is 1. The van der Waals surface area contributed by atoms with Crippen LogP contribution in [0, 0.1) is 11.8 Å². The first-order chi connectivity index (χ1) is 10.2. The molecule has 2 aliphatic rings. The number of hydrogen-bond donors (Lipinski definition) is 2. The SMILES string of the molecule is NC(=O)N1CC(CC2CC2)CC(NCc2ccccc2)C1. The maximum absolute atomic E-state index is 11.5. The van der Waals surface area contributed by atoms with E-state index in [9.17, 15) is 4.79 Å². The standard InChI is InChI=1S/C17H25N3O/c18-17(21)20-11-15(8-13-6-7-13)9-16(12-20)19-10-14-4-2-1-3-5-14/h1-5,13,15-16,19H,6-12H2,(H2,18,21). The van der Waals surface area contributed by atoms with Crippen LogP contribution in [-0.2, 0) is 6.54 Å². The van der Waals surface area contributed by atoms with Crippen LogP contribution in [0.1, 0.15) is 31.2 Å². The molecule has 0 aromatic heterocycles. The zero-order chi connectivity index (χ0) is 14.7. The molecule has 2 fully saturated rings. The molecule has 1 aliphatic heterocycles. The summed E-state index contributed by atoms with van der Waals surface area (Å²) >= 11 is 0. The molecule has 1 heterocycles. The van der Waals surface area contributed by atoms with Crippen LogP contribution in [0.15, 0.2) is 30.3 Å². The van der Waals surface area contributed by atoms with E-state index in [1.807, 2.05) is 11.0 Å². The monoisotopic (exact) mass is 287 g/mol. The number of carbonyl (C=O) groups is 1. The summed E-state index contributed by atoms with van der Waals surface area (Å²) < 4.78 is 0. The third kappa shape index (κ3) is 4.21. The molecule has 2 unspecified atom stereocenters. The average molecular weight is 287 g/mol. The van der Waals surface area contributed by atoms with Crippen LogP contribution < -0.4 is 11.1 Å². The Morgan fingerprint density at radius 2 is 1.95 bits per heavy atom. The molecule has 3 rings (SSSR count). The summed E-state index contributed by atoms with van der Waals surface area (Å²) in [5.74, 6) is 1.50. The summed E-state index contributed by atoms with van der Waals surface area (Å²) in [6.45, 7) is 2.44. The minimum atomic E-state index is -0.276. The largest absolute Gasteiger partial charge is 0.351 e. The summed E-state index contributed by atoms with van der Waals surface area (Å²) in [4.78, 5) is 13.4. The molecule has 2 atom stereocenters. The molecule has 1 saturated heterocycles. The number of piperidine rings is 1. The molecule has 1 saturated carbocycles. The molecule has 114 valence electrons. The fraction of sp³-hybridized carbons (Fsp3) is 0.588. The average Bonchev–Trinajstić information content (AvgIpc) is 3.30. The van der Waals surface area contributed by atoms with Crippen LogP contribution in [0.4, 0.5) is 4.79 Å². The molecule has 1 aliphatic carbocycles. The van der Waals surface area contributed by atoms with Crippen molar-refractivity contribution in [1.29, 1.82) is 0 Å². The molecule has 4 nitrogen and oxygen atoms in total. The normalized spacial score (nSPS) is 25.8.